The van der Waals surface area contributed by atoms with E-state index in [0.29, 0.717) is 50.2 Å². The van der Waals surface area contributed by atoms with Crippen LogP contribution >= 0.6 is 0 Å². The molecule has 30 heavy (non-hydrogen) atoms. The lowest BCUT2D eigenvalue weighted by Gasteiger charge is -2.69. The fourth-order valence-electron chi connectivity index (χ4n) is 4.58. The lowest BCUT2D eigenvalue weighted by atomic mass is 9.37. The predicted molar refractivity (Wildman–Crippen MR) is 110 cm³/mol. The number of ketones is 1. The molecule has 5 nitrogen and oxygen atoms in total. The smallest absolute Gasteiger partial charge is 0.258 e. The standard InChI is InChI=1S/C24H26FNO4/c1-17-7-9-19(10-8-17)30-13-22(28)26-24-14-23(15-24,16-24)21(27)6-3-11-29-20-5-2-4-18(25)12-20/h2,4-5,7-10,12H,3,6,11,13-16H2,1H3,(H,26,28). The van der Waals surface area contributed by atoms with Gasteiger partial charge >= 0.3 is 0 Å². The van der Waals surface area contributed by atoms with Crippen molar-refractivity contribution in [1.82, 2.24) is 5.32 Å². The van der Waals surface area contributed by atoms with Crippen LogP contribution in [0.15, 0.2) is 48.5 Å². The maximum atomic E-state index is 13.1. The van der Waals surface area contributed by atoms with E-state index in [1.807, 2.05) is 31.2 Å². The number of amides is 1. The van der Waals surface area contributed by atoms with E-state index in [1.54, 1.807) is 12.1 Å². The van der Waals surface area contributed by atoms with Gasteiger partial charge in [-0.05, 0) is 56.9 Å². The van der Waals surface area contributed by atoms with Crippen LogP contribution < -0.4 is 14.8 Å². The third-order valence-electron chi connectivity index (χ3n) is 6.03. The van der Waals surface area contributed by atoms with E-state index >= 15 is 0 Å². The molecular formula is C24H26FNO4. The van der Waals surface area contributed by atoms with Gasteiger partial charge in [0.15, 0.2) is 6.61 Å². The number of halogens is 1. The Labute approximate surface area is 175 Å². The zero-order valence-corrected chi connectivity index (χ0v) is 17.1. The Morgan fingerprint density at radius 3 is 2.47 bits per heavy atom. The van der Waals surface area contributed by atoms with Gasteiger partial charge in [0.25, 0.3) is 5.91 Å². The first-order valence-electron chi connectivity index (χ1n) is 10.3. The molecule has 0 spiro atoms. The van der Waals surface area contributed by atoms with Crippen molar-refractivity contribution in [1.29, 1.82) is 0 Å². The highest BCUT2D eigenvalue weighted by Crippen LogP contribution is 2.68. The van der Waals surface area contributed by atoms with Gasteiger partial charge in [-0.3, -0.25) is 9.59 Å². The van der Waals surface area contributed by atoms with Crippen LogP contribution in [0, 0.1) is 18.2 Å². The monoisotopic (exact) mass is 411 g/mol. The second-order valence-corrected chi connectivity index (χ2v) is 8.57. The molecule has 3 fully saturated rings. The molecular weight excluding hydrogens is 385 g/mol. The van der Waals surface area contributed by atoms with E-state index in [0.717, 1.165) is 5.56 Å². The molecule has 3 aliphatic rings. The minimum absolute atomic E-state index is 0.0246. The third kappa shape index (κ3) is 4.32. The van der Waals surface area contributed by atoms with E-state index in [1.165, 1.54) is 12.1 Å². The number of Topliss-reactive ketones (excluding diaryl/α,β-unsaturated/α-hetero) is 1. The highest BCUT2D eigenvalue weighted by atomic mass is 19.1. The first-order chi connectivity index (χ1) is 14.4. The molecule has 0 heterocycles. The van der Waals surface area contributed by atoms with Gasteiger partial charge in [-0.15, -0.1) is 0 Å². The molecule has 6 heteroatoms. The molecule has 3 aliphatic carbocycles. The minimum Gasteiger partial charge on any atom is -0.493 e. The summed E-state index contributed by atoms with van der Waals surface area (Å²) in [6, 6.07) is 13.5. The summed E-state index contributed by atoms with van der Waals surface area (Å²) < 4.78 is 24.1. The van der Waals surface area contributed by atoms with Crippen LogP contribution in [0.5, 0.6) is 11.5 Å². The summed E-state index contributed by atoms with van der Waals surface area (Å²) in [7, 11) is 0. The Balaban J connectivity index is 1.14. The number of hydrogen-bond acceptors (Lipinski definition) is 4. The van der Waals surface area contributed by atoms with Crippen LogP contribution in [0.1, 0.15) is 37.7 Å². The van der Waals surface area contributed by atoms with Gasteiger partial charge in [0.2, 0.25) is 0 Å². The van der Waals surface area contributed by atoms with E-state index in [9.17, 15) is 14.0 Å². The number of carbonyl (C=O) groups is 2. The number of rotatable bonds is 10. The first kappa shape index (κ1) is 20.4. The van der Waals surface area contributed by atoms with Crippen molar-refractivity contribution in [2.45, 2.75) is 44.6 Å². The molecule has 0 saturated heterocycles. The number of aryl methyl sites for hydroxylation is 1. The van der Waals surface area contributed by atoms with Gasteiger partial charge in [-0.2, -0.15) is 0 Å². The van der Waals surface area contributed by atoms with Crippen molar-refractivity contribution in [2.75, 3.05) is 13.2 Å². The summed E-state index contributed by atoms with van der Waals surface area (Å²) >= 11 is 0. The normalized spacial score (nSPS) is 23.7. The molecule has 2 aromatic rings. The Bertz CT molecular complexity index is 921. The van der Waals surface area contributed by atoms with Crippen LogP contribution in [0.2, 0.25) is 0 Å². The Morgan fingerprint density at radius 1 is 1.03 bits per heavy atom. The van der Waals surface area contributed by atoms with Crippen LogP contribution in [-0.4, -0.2) is 30.4 Å². The number of carbonyl (C=O) groups excluding carboxylic acids is 2. The van der Waals surface area contributed by atoms with Crippen LogP contribution in [0.3, 0.4) is 0 Å². The lowest BCUT2D eigenvalue weighted by molar-refractivity contribution is -0.182. The first-order valence-corrected chi connectivity index (χ1v) is 10.3. The van der Waals surface area contributed by atoms with Crippen molar-refractivity contribution >= 4 is 11.7 Å². The van der Waals surface area contributed by atoms with Gasteiger partial charge in [0.1, 0.15) is 23.1 Å². The molecule has 0 aromatic heterocycles. The van der Waals surface area contributed by atoms with E-state index in [-0.39, 0.29) is 35.1 Å². The molecule has 0 unspecified atom stereocenters. The third-order valence-corrected chi connectivity index (χ3v) is 6.03. The molecule has 0 aliphatic heterocycles. The quantitative estimate of drug-likeness (QED) is 0.601. The fraction of sp³-hybridized carbons (Fsp3) is 0.417. The zero-order chi connectivity index (χ0) is 21.2. The largest absolute Gasteiger partial charge is 0.493 e. The van der Waals surface area contributed by atoms with Gasteiger partial charge in [-0.25, -0.2) is 4.39 Å². The minimum atomic E-state index is -0.339. The summed E-state index contributed by atoms with van der Waals surface area (Å²) in [6.07, 6.45) is 3.16. The highest BCUT2D eigenvalue weighted by molar-refractivity contribution is 5.90. The van der Waals surface area contributed by atoms with Gasteiger partial charge in [-0.1, -0.05) is 23.8 Å². The Kier molecular flexibility index (Phi) is 5.50. The number of ether oxygens (including phenoxy) is 2. The molecule has 5 rings (SSSR count). The summed E-state index contributed by atoms with van der Waals surface area (Å²) in [5.41, 5.74) is 0.627. The van der Waals surface area contributed by atoms with Crippen molar-refractivity contribution in [3.05, 3.63) is 59.9 Å². The summed E-state index contributed by atoms with van der Waals surface area (Å²) in [6.45, 7) is 2.35. The van der Waals surface area contributed by atoms with Crippen molar-refractivity contribution < 1.29 is 23.5 Å². The average Bonchev–Trinajstić information content (AvgIpc) is 2.66. The SMILES string of the molecule is Cc1ccc(OCC(=O)NC23CC(C(=O)CCCOc4cccc(F)c4)(C2)C3)cc1. The Hall–Kier alpha value is -2.89. The molecule has 158 valence electrons. The number of nitrogens with one attached hydrogen (secondary N) is 1. The zero-order valence-electron chi connectivity index (χ0n) is 17.1. The summed E-state index contributed by atoms with van der Waals surface area (Å²) in [4.78, 5) is 24.8. The van der Waals surface area contributed by atoms with E-state index < -0.39 is 0 Å². The van der Waals surface area contributed by atoms with Crippen LogP contribution in [0.25, 0.3) is 0 Å². The predicted octanol–water partition coefficient (Wildman–Crippen LogP) is 3.98. The molecule has 2 bridgehead atoms. The van der Waals surface area contributed by atoms with Crippen LogP contribution in [-0.2, 0) is 9.59 Å². The van der Waals surface area contributed by atoms with Crippen molar-refractivity contribution in [2.24, 2.45) is 5.41 Å². The van der Waals surface area contributed by atoms with Gasteiger partial charge < -0.3 is 14.8 Å². The second kappa shape index (κ2) is 8.09. The fourth-order valence-corrected chi connectivity index (χ4v) is 4.58. The molecule has 0 atom stereocenters. The molecule has 2 aromatic carbocycles. The second-order valence-electron chi connectivity index (χ2n) is 8.57. The van der Waals surface area contributed by atoms with Crippen LogP contribution in [0.4, 0.5) is 4.39 Å². The molecule has 0 radical (unpaired) electrons. The van der Waals surface area contributed by atoms with E-state index in [4.69, 9.17) is 9.47 Å². The van der Waals surface area contributed by atoms with E-state index in [2.05, 4.69) is 5.32 Å². The number of benzene rings is 2. The van der Waals surface area contributed by atoms with Crippen molar-refractivity contribution in [3.8, 4) is 11.5 Å². The topological polar surface area (TPSA) is 64.6 Å². The molecule has 1 N–H and O–H groups in total. The highest BCUT2D eigenvalue weighted by Gasteiger charge is 2.71. The summed E-state index contributed by atoms with van der Waals surface area (Å²) in [5.74, 6) is 0.884. The Morgan fingerprint density at radius 2 is 1.77 bits per heavy atom. The maximum absolute atomic E-state index is 13.1. The summed E-state index contributed by atoms with van der Waals surface area (Å²) in [5, 5.41) is 3.04. The van der Waals surface area contributed by atoms with Gasteiger partial charge in [0, 0.05) is 23.4 Å². The number of hydrogen-bond donors (Lipinski definition) is 1. The lowest BCUT2D eigenvalue weighted by Crippen LogP contribution is -2.77. The van der Waals surface area contributed by atoms with Crippen molar-refractivity contribution in [3.63, 3.8) is 0 Å². The van der Waals surface area contributed by atoms with Gasteiger partial charge in [0.05, 0.1) is 6.61 Å². The molecule has 1 amide bonds. The average molecular weight is 411 g/mol. The molecule has 3 saturated carbocycles. The maximum Gasteiger partial charge on any atom is 0.258 e.